The number of rotatable bonds is 3. The molecule has 6 heteroatoms. The van der Waals surface area contributed by atoms with Crippen LogP contribution in [-0.2, 0) is 14.1 Å². The largest absolute Gasteiger partial charge is 0.275 e. The summed E-state index contributed by atoms with van der Waals surface area (Å²) in [5.41, 5.74) is 4.61. The molecule has 0 amide bonds. The predicted molar refractivity (Wildman–Crippen MR) is 55.6 cm³/mol. The summed E-state index contributed by atoms with van der Waals surface area (Å²) in [5, 5.41) is 8.41. The van der Waals surface area contributed by atoms with Crippen molar-refractivity contribution in [2.45, 2.75) is 6.04 Å². The lowest BCUT2D eigenvalue weighted by molar-refractivity contribution is 0.603. The van der Waals surface area contributed by atoms with Gasteiger partial charge in [0.1, 0.15) is 0 Å². The molecule has 2 aromatic rings. The third-order valence-corrected chi connectivity index (χ3v) is 2.25. The Morgan fingerprint density at radius 1 is 1.40 bits per heavy atom. The first-order chi connectivity index (χ1) is 7.20. The van der Waals surface area contributed by atoms with Gasteiger partial charge < -0.3 is 0 Å². The number of aryl methyl sites for hydroxylation is 2. The number of hydrogen-bond acceptors (Lipinski definition) is 4. The van der Waals surface area contributed by atoms with Gasteiger partial charge in [0.25, 0.3) is 0 Å². The average Bonchev–Trinajstić information content (AvgIpc) is 2.78. The van der Waals surface area contributed by atoms with Crippen LogP contribution in [0.4, 0.5) is 0 Å². The molecule has 3 N–H and O–H groups in total. The van der Waals surface area contributed by atoms with Crippen LogP contribution in [0, 0.1) is 0 Å². The lowest BCUT2D eigenvalue weighted by Crippen LogP contribution is -2.29. The molecule has 0 aliphatic heterocycles. The first kappa shape index (κ1) is 9.88. The molecular weight excluding hydrogens is 192 g/mol. The van der Waals surface area contributed by atoms with Gasteiger partial charge >= 0.3 is 0 Å². The summed E-state index contributed by atoms with van der Waals surface area (Å²) in [7, 11) is 3.75. The van der Waals surface area contributed by atoms with E-state index in [-0.39, 0.29) is 6.04 Å². The van der Waals surface area contributed by atoms with Crippen LogP contribution in [-0.4, -0.2) is 19.6 Å². The summed E-state index contributed by atoms with van der Waals surface area (Å²) in [5.74, 6) is 5.52. The van der Waals surface area contributed by atoms with Gasteiger partial charge in [-0.15, -0.1) is 0 Å². The number of nitrogens with two attached hydrogens (primary N) is 1. The van der Waals surface area contributed by atoms with E-state index in [0.717, 1.165) is 11.3 Å². The molecule has 80 valence electrons. The molecule has 2 rings (SSSR count). The second kappa shape index (κ2) is 3.84. The van der Waals surface area contributed by atoms with Crippen molar-refractivity contribution in [1.82, 2.24) is 25.0 Å². The molecule has 0 saturated carbocycles. The SMILES string of the molecule is Cn1cc(C(NN)c2ccn(C)n2)cn1. The van der Waals surface area contributed by atoms with Crippen molar-refractivity contribution in [3.05, 3.63) is 35.9 Å². The number of hydrazine groups is 1. The minimum Gasteiger partial charge on any atom is -0.275 e. The standard InChI is InChI=1S/C9H14N6/c1-14-4-3-8(13-14)9(12-10)7-5-11-15(2)6-7/h3-6,9,12H,10H2,1-2H3. The van der Waals surface area contributed by atoms with Crippen molar-refractivity contribution in [3.63, 3.8) is 0 Å². The molecule has 0 bridgehead atoms. The molecule has 2 heterocycles. The molecule has 0 saturated heterocycles. The summed E-state index contributed by atoms with van der Waals surface area (Å²) >= 11 is 0. The van der Waals surface area contributed by atoms with E-state index in [1.807, 2.05) is 32.6 Å². The van der Waals surface area contributed by atoms with Gasteiger partial charge in [-0.25, -0.2) is 5.43 Å². The molecule has 0 aliphatic carbocycles. The van der Waals surface area contributed by atoms with Gasteiger partial charge in [-0.05, 0) is 6.07 Å². The van der Waals surface area contributed by atoms with Crippen molar-refractivity contribution in [2.75, 3.05) is 0 Å². The van der Waals surface area contributed by atoms with Crippen molar-refractivity contribution < 1.29 is 0 Å². The molecular formula is C9H14N6. The fraction of sp³-hybridized carbons (Fsp3) is 0.333. The van der Waals surface area contributed by atoms with Crippen LogP contribution >= 0.6 is 0 Å². The zero-order chi connectivity index (χ0) is 10.8. The van der Waals surface area contributed by atoms with Crippen molar-refractivity contribution in [1.29, 1.82) is 0 Å². The molecule has 0 aliphatic rings. The van der Waals surface area contributed by atoms with E-state index in [2.05, 4.69) is 15.6 Å². The topological polar surface area (TPSA) is 73.7 Å². The molecule has 1 unspecified atom stereocenters. The minimum atomic E-state index is -0.111. The van der Waals surface area contributed by atoms with Crippen LogP contribution < -0.4 is 11.3 Å². The van der Waals surface area contributed by atoms with Crippen molar-refractivity contribution in [3.8, 4) is 0 Å². The zero-order valence-corrected chi connectivity index (χ0v) is 8.75. The van der Waals surface area contributed by atoms with Gasteiger partial charge in [-0.2, -0.15) is 10.2 Å². The minimum absolute atomic E-state index is 0.111. The van der Waals surface area contributed by atoms with Crippen LogP contribution in [0.3, 0.4) is 0 Å². The van der Waals surface area contributed by atoms with Gasteiger partial charge in [-0.1, -0.05) is 0 Å². The van der Waals surface area contributed by atoms with E-state index in [9.17, 15) is 0 Å². The third kappa shape index (κ3) is 1.90. The van der Waals surface area contributed by atoms with E-state index in [0.29, 0.717) is 0 Å². The van der Waals surface area contributed by atoms with Crippen LogP contribution in [0.5, 0.6) is 0 Å². The highest BCUT2D eigenvalue weighted by Crippen LogP contribution is 2.18. The summed E-state index contributed by atoms with van der Waals surface area (Å²) in [4.78, 5) is 0. The first-order valence-corrected chi connectivity index (χ1v) is 4.65. The number of aromatic nitrogens is 4. The Kier molecular flexibility index (Phi) is 2.53. The Balaban J connectivity index is 2.32. The summed E-state index contributed by atoms with van der Waals surface area (Å²) < 4.78 is 3.48. The Morgan fingerprint density at radius 3 is 2.67 bits per heavy atom. The smallest absolute Gasteiger partial charge is 0.0930 e. The molecule has 0 fully saturated rings. The van der Waals surface area contributed by atoms with Crippen LogP contribution in [0.25, 0.3) is 0 Å². The molecule has 6 nitrogen and oxygen atoms in total. The summed E-state index contributed by atoms with van der Waals surface area (Å²) in [6, 6.07) is 1.82. The lowest BCUT2D eigenvalue weighted by atomic mass is 10.1. The fourth-order valence-electron chi connectivity index (χ4n) is 1.53. The van der Waals surface area contributed by atoms with Crippen LogP contribution in [0.15, 0.2) is 24.7 Å². The van der Waals surface area contributed by atoms with E-state index in [1.54, 1.807) is 15.6 Å². The summed E-state index contributed by atoms with van der Waals surface area (Å²) in [6.45, 7) is 0. The summed E-state index contributed by atoms with van der Waals surface area (Å²) in [6.07, 6.45) is 5.58. The lowest BCUT2D eigenvalue weighted by Gasteiger charge is -2.10. The Labute approximate surface area is 87.7 Å². The van der Waals surface area contributed by atoms with Gasteiger partial charge in [0.15, 0.2) is 0 Å². The van der Waals surface area contributed by atoms with Crippen LogP contribution in [0.2, 0.25) is 0 Å². The number of hydrogen-bond donors (Lipinski definition) is 2. The van der Waals surface area contributed by atoms with Crippen molar-refractivity contribution >= 4 is 0 Å². The second-order valence-corrected chi connectivity index (χ2v) is 3.46. The maximum atomic E-state index is 5.52. The quantitative estimate of drug-likeness (QED) is 0.534. The fourth-order valence-corrected chi connectivity index (χ4v) is 1.53. The molecule has 1 atom stereocenters. The van der Waals surface area contributed by atoms with E-state index >= 15 is 0 Å². The highest BCUT2D eigenvalue weighted by molar-refractivity contribution is 5.22. The highest BCUT2D eigenvalue weighted by atomic mass is 15.3. The predicted octanol–water partition coefficient (Wildman–Crippen LogP) is -0.294. The van der Waals surface area contributed by atoms with E-state index in [1.165, 1.54) is 0 Å². The molecule has 0 spiro atoms. The first-order valence-electron chi connectivity index (χ1n) is 4.65. The molecule has 15 heavy (non-hydrogen) atoms. The molecule has 0 aromatic carbocycles. The van der Waals surface area contributed by atoms with E-state index in [4.69, 9.17) is 5.84 Å². The third-order valence-electron chi connectivity index (χ3n) is 2.25. The monoisotopic (exact) mass is 206 g/mol. The van der Waals surface area contributed by atoms with Crippen molar-refractivity contribution in [2.24, 2.45) is 19.9 Å². The Hall–Kier alpha value is -1.66. The zero-order valence-electron chi connectivity index (χ0n) is 8.75. The highest BCUT2D eigenvalue weighted by Gasteiger charge is 2.16. The normalized spacial score (nSPS) is 13.0. The van der Waals surface area contributed by atoms with Gasteiger partial charge in [0.2, 0.25) is 0 Å². The number of nitrogens with one attached hydrogen (secondary N) is 1. The number of nitrogens with zero attached hydrogens (tertiary/aromatic N) is 4. The van der Waals surface area contributed by atoms with E-state index < -0.39 is 0 Å². The maximum Gasteiger partial charge on any atom is 0.0930 e. The van der Waals surface area contributed by atoms with Gasteiger partial charge in [-0.3, -0.25) is 15.2 Å². The molecule has 2 aromatic heterocycles. The van der Waals surface area contributed by atoms with Crippen LogP contribution in [0.1, 0.15) is 17.3 Å². The van der Waals surface area contributed by atoms with Gasteiger partial charge in [0, 0.05) is 32.1 Å². The van der Waals surface area contributed by atoms with Gasteiger partial charge in [0.05, 0.1) is 17.9 Å². The average molecular weight is 206 g/mol. The second-order valence-electron chi connectivity index (χ2n) is 3.46. The maximum absolute atomic E-state index is 5.52. The molecule has 0 radical (unpaired) electrons. The Bertz CT molecular complexity index is 403. The Morgan fingerprint density at radius 2 is 2.20 bits per heavy atom.